The molecule has 0 aromatic rings. The minimum Gasteiger partial charge on any atom is -0.348 e. The van der Waals surface area contributed by atoms with E-state index in [-0.39, 0.29) is 5.78 Å². The number of carbonyl (C=O) groups is 1. The first-order chi connectivity index (χ1) is 8.27. The van der Waals surface area contributed by atoms with Crippen LogP contribution in [0.2, 0.25) is 0 Å². The van der Waals surface area contributed by atoms with Gasteiger partial charge < -0.3 is 23.7 Å². The second-order valence-electron chi connectivity index (χ2n) is 5.75. The van der Waals surface area contributed by atoms with E-state index in [1.165, 1.54) is 0 Å². The Bertz CT molecular complexity index is 377. The molecule has 0 N–H and O–H groups in total. The Labute approximate surface area is 105 Å². The van der Waals surface area contributed by atoms with Crippen molar-refractivity contribution >= 4 is 5.78 Å². The lowest BCUT2D eigenvalue weighted by Crippen LogP contribution is -2.39. The molecule has 3 heterocycles. The second kappa shape index (κ2) is 3.74. The van der Waals surface area contributed by atoms with Crippen molar-refractivity contribution in [3.63, 3.8) is 0 Å². The molecule has 6 heteroatoms. The van der Waals surface area contributed by atoms with Gasteiger partial charge in [-0.1, -0.05) is 0 Å². The number of ether oxygens (including phenoxy) is 5. The van der Waals surface area contributed by atoms with E-state index in [1.807, 2.05) is 13.8 Å². The third-order valence-electron chi connectivity index (χ3n) is 3.27. The molecule has 102 valence electrons. The maximum Gasteiger partial charge on any atom is 0.198 e. The third kappa shape index (κ3) is 1.98. The van der Waals surface area contributed by atoms with Gasteiger partial charge in [0, 0.05) is 0 Å². The highest BCUT2D eigenvalue weighted by Gasteiger charge is 2.57. The van der Waals surface area contributed by atoms with E-state index in [0.717, 1.165) is 0 Å². The standard InChI is InChI=1S/C12H18O6/c1-11(2)14-5-6(16-11)8-7(13)9-10(15-8)18-12(3,4)17-9/h6,8-10H,5H2,1-4H3/t6-,8+,9-,10-/m0/s1. The maximum atomic E-state index is 12.2. The van der Waals surface area contributed by atoms with Crippen molar-refractivity contribution in [1.29, 1.82) is 0 Å². The first-order valence-corrected chi connectivity index (χ1v) is 6.14. The van der Waals surface area contributed by atoms with E-state index in [9.17, 15) is 4.79 Å². The topological polar surface area (TPSA) is 63.2 Å². The number of ketones is 1. The molecule has 0 aromatic heterocycles. The molecular formula is C12H18O6. The molecule has 6 nitrogen and oxygen atoms in total. The minimum atomic E-state index is -0.776. The zero-order valence-electron chi connectivity index (χ0n) is 11.0. The molecule has 18 heavy (non-hydrogen) atoms. The Morgan fingerprint density at radius 1 is 1.00 bits per heavy atom. The summed E-state index contributed by atoms with van der Waals surface area (Å²) in [5.74, 6) is -1.58. The van der Waals surface area contributed by atoms with Crippen LogP contribution in [-0.2, 0) is 28.5 Å². The normalized spacial score (nSPS) is 45.4. The number of carbonyl (C=O) groups excluding carboxylic acids is 1. The number of hydrogen-bond acceptors (Lipinski definition) is 6. The van der Waals surface area contributed by atoms with Gasteiger partial charge in [-0.3, -0.25) is 4.79 Å². The molecule has 3 aliphatic rings. The van der Waals surface area contributed by atoms with Crippen molar-refractivity contribution in [2.75, 3.05) is 6.61 Å². The predicted octanol–water partition coefficient (Wildman–Crippen LogP) is 0.583. The lowest BCUT2D eigenvalue weighted by Gasteiger charge is -2.23. The van der Waals surface area contributed by atoms with Crippen LogP contribution < -0.4 is 0 Å². The summed E-state index contributed by atoms with van der Waals surface area (Å²) in [5.41, 5.74) is 0. The van der Waals surface area contributed by atoms with E-state index < -0.39 is 36.2 Å². The van der Waals surface area contributed by atoms with Crippen LogP contribution in [0.4, 0.5) is 0 Å². The number of rotatable bonds is 1. The zero-order valence-corrected chi connectivity index (χ0v) is 11.0. The lowest BCUT2D eigenvalue weighted by molar-refractivity contribution is -0.219. The first-order valence-electron chi connectivity index (χ1n) is 6.14. The third-order valence-corrected chi connectivity index (χ3v) is 3.27. The molecule has 3 saturated heterocycles. The Morgan fingerprint density at radius 2 is 1.72 bits per heavy atom. The Hall–Kier alpha value is -0.530. The SMILES string of the molecule is CC1(C)OC[C@@H]([C@H]2O[C@H]3OC(C)(C)O[C@H]3C2=O)O1. The van der Waals surface area contributed by atoms with Crippen molar-refractivity contribution in [2.45, 2.75) is 63.9 Å². The number of hydrogen-bond donors (Lipinski definition) is 0. The van der Waals surface area contributed by atoms with Crippen molar-refractivity contribution in [2.24, 2.45) is 0 Å². The molecule has 4 atom stereocenters. The van der Waals surface area contributed by atoms with Crippen molar-refractivity contribution < 1.29 is 28.5 Å². The molecule has 0 radical (unpaired) electrons. The fourth-order valence-corrected chi connectivity index (χ4v) is 2.53. The molecule has 0 saturated carbocycles. The van der Waals surface area contributed by atoms with Crippen LogP contribution in [0, 0.1) is 0 Å². The van der Waals surface area contributed by atoms with E-state index in [4.69, 9.17) is 23.7 Å². The largest absolute Gasteiger partial charge is 0.348 e. The summed E-state index contributed by atoms with van der Waals surface area (Å²) < 4.78 is 27.7. The summed E-state index contributed by atoms with van der Waals surface area (Å²) >= 11 is 0. The predicted molar refractivity (Wildman–Crippen MR) is 58.6 cm³/mol. The summed E-state index contributed by atoms with van der Waals surface area (Å²) in [5, 5.41) is 0. The summed E-state index contributed by atoms with van der Waals surface area (Å²) in [6.07, 6.45) is -2.35. The number of fused-ring (bicyclic) bond motifs is 1. The summed E-state index contributed by atoms with van der Waals surface area (Å²) in [7, 11) is 0. The van der Waals surface area contributed by atoms with Gasteiger partial charge in [0.05, 0.1) is 6.61 Å². The molecule has 3 rings (SSSR count). The Kier molecular flexibility index (Phi) is 2.60. The van der Waals surface area contributed by atoms with E-state index in [2.05, 4.69) is 0 Å². The van der Waals surface area contributed by atoms with Crippen molar-refractivity contribution in [3.8, 4) is 0 Å². The van der Waals surface area contributed by atoms with Gasteiger partial charge in [0.25, 0.3) is 0 Å². The fraction of sp³-hybridized carbons (Fsp3) is 0.917. The molecular weight excluding hydrogens is 240 g/mol. The molecule has 0 spiro atoms. The lowest BCUT2D eigenvalue weighted by atomic mass is 10.1. The smallest absolute Gasteiger partial charge is 0.198 e. The van der Waals surface area contributed by atoms with Crippen LogP contribution in [0.25, 0.3) is 0 Å². The molecule has 3 fully saturated rings. The Balaban J connectivity index is 1.70. The highest BCUT2D eigenvalue weighted by Crippen LogP contribution is 2.38. The minimum absolute atomic E-state index is 0.128. The van der Waals surface area contributed by atoms with Crippen LogP contribution >= 0.6 is 0 Å². The van der Waals surface area contributed by atoms with Crippen LogP contribution in [0.1, 0.15) is 27.7 Å². The second-order valence-corrected chi connectivity index (χ2v) is 5.75. The van der Waals surface area contributed by atoms with Gasteiger partial charge in [0.15, 0.2) is 35.9 Å². The van der Waals surface area contributed by atoms with Gasteiger partial charge in [-0.15, -0.1) is 0 Å². The molecule has 0 amide bonds. The summed E-state index contributed by atoms with van der Waals surface area (Å²) in [6.45, 7) is 7.48. The van der Waals surface area contributed by atoms with Crippen LogP contribution in [-0.4, -0.2) is 48.6 Å². The first kappa shape index (κ1) is 12.5. The monoisotopic (exact) mass is 258 g/mol. The fourth-order valence-electron chi connectivity index (χ4n) is 2.53. The van der Waals surface area contributed by atoms with E-state index in [1.54, 1.807) is 13.8 Å². The van der Waals surface area contributed by atoms with Gasteiger partial charge >= 0.3 is 0 Å². The van der Waals surface area contributed by atoms with Crippen LogP contribution in [0.3, 0.4) is 0 Å². The average Bonchev–Trinajstić information content (AvgIpc) is 2.81. The van der Waals surface area contributed by atoms with Crippen LogP contribution in [0.5, 0.6) is 0 Å². The quantitative estimate of drug-likeness (QED) is 0.685. The maximum absolute atomic E-state index is 12.2. The Morgan fingerprint density at radius 3 is 2.28 bits per heavy atom. The van der Waals surface area contributed by atoms with E-state index >= 15 is 0 Å². The van der Waals surface area contributed by atoms with Crippen molar-refractivity contribution in [3.05, 3.63) is 0 Å². The molecule has 0 aromatic carbocycles. The highest BCUT2D eigenvalue weighted by atomic mass is 16.8. The highest BCUT2D eigenvalue weighted by molar-refractivity contribution is 5.90. The zero-order chi connectivity index (χ0) is 13.1. The molecule has 0 unspecified atom stereocenters. The summed E-state index contributed by atoms with van der Waals surface area (Å²) in [6, 6.07) is 0. The van der Waals surface area contributed by atoms with Gasteiger partial charge in [-0.25, -0.2) is 0 Å². The molecule has 3 aliphatic heterocycles. The molecule has 0 aliphatic carbocycles. The van der Waals surface area contributed by atoms with Gasteiger partial charge in [-0.05, 0) is 27.7 Å². The number of Topliss-reactive ketones (excluding diaryl/α,β-unsaturated/α-hetero) is 1. The van der Waals surface area contributed by atoms with Gasteiger partial charge in [-0.2, -0.15) is 0 Å². The molecule has 0 bridgehead atoms. The van der Waals surface area contributed by atoms with E-state index in [0.29, 0.717) is 6.61 Å². The van der Waals surface area contributed by atoms with Crippen LogP contribution in [0.15, 0.2) is 0 Å². The van der Waals surface area contributed by atoms with Gasteiger partial charge in [0.1, 0.15) is 6.10 Å². The van der Waals surface area contributed by atoms with Crippen molar-refractivity contribution in [1.82, 2.24) is 0 Å². The average molecular weight is 258 g/mol. The van der Waals surface area contributed by atoms with Gasteiger partial charge in [0.2, 0.25) is 0 Å². The summed E-state index contributed by atoms with van der Waals surface area (Å²) in [4.78, 5) is 12.2.